The summed E-state index contributed by atoms with van der Waals surface area (Å²) in [6.45, 7) is 4.91. The molecule has 0 amide bonds. The van der Waals surface area contributed by atoms with E-state index in [0.29, 0.717) is 28.9 Å². The Kier molecular flexibility index (Phi) is 4.62. The normalized spacial score (nSPS) is 10.6. The number of hydrogen-bond acceptors (Lipinski definition) is 3. The molecule has 0 aliphatic heterocycles. The zero-order valence-electron chi connectivity index (χ0n) is 11.4. The Labute approximate surface area is 128 Å². The van der Waals surface area contributed by atoms with Crippen molar-refractivity contribution in [1.29, 1.82) is 0 Å². The van der Waals surface area contributed by atoms with Crippen molar-refractivity contribution in [2.24, 2.45) is 5.73 Å². The molecule has 4 nitrogen and oxygen atoms in total. The predicted octanol–water partition coefficient (Wildman–Crippen LogP) is 2.87. The number of benzene rings is 1. The minimum Gasteiger partial charge on any atom is -0.491 e. The number of rotatable bonds is 5. The lowest BCUT2D eigenvalue weighted by Gasteiger charge is -2.11. The Hall–Kier alpha value is -1.59. The van der Waals surface area contributed by atoms with Crippen LogP contribution in [0.4, 0.5) is 0 Å². The standard InChI is InChI=1S/C14H16ClN3OS/c1-9-13(15)10(2)18(17-9)7-8-19-12-6-4-3-5-11(12)14(16)20/h3-6H,7-8H2,1-2H3,(H2,16,20). The summed E-state index contributed by atoms with van der Waals surface area (Å²) in [4.78, 5) is 0.328. The third-order valence-corrected chi connectivity index (χ3v) is 3.77. The molecular formula is C14H16ClN3OS. The van der Waals surface area contributed by atoms with Crippen molar-refractivity contribution in [2.45, 2.75) is 20.4 Å². The molecule has 0 fully saturated rings. The van der Waals surface area contributed by atoms with Crippen molar-refractivity contribution in [3.05, 3.63) is 46.2 Å². The van der Waals surface area contributed by atoms with Gasteiger partial charge >= 0.3 is 0 Å². The van der Waals surface area contributed by atoms with Crippen molar-refractivity contribution >= 4 is 28.8 Å². The lowest BCUT2D eigenvalue weighted by atomic mass is 10.2. The molecule has 6 heteroatoms. The fourth-order valence-corrected chi connectivity index (χ4v) is 2.23. The van der Waals surface area contributed by atoms with Crippen LogP contribution in [-0.2, 0) is 6.54 Å². The summed E-state index contributed by atoms with van der Waals surface area (Å²) < 4.78 is 7.57. The van der Waals surface area contributed by atoms with Crippen LogP contribution in [-0.4, -0.2) is 21.4 Å². The Morgan fingerprint density at radius 1 is 1.40 bits per heavy atom. The summed E-state index contributed by atoms with van der Waals surface area (Å²) in [5, 5.41) is 5.06. The highest BCUT2D eigenvalue weighted by molar-refractivity contribution is 7.80. The number of aryl methyl sites for hydroxylation is 1. The van der Waals surface area contributed by atoms with Gasteiger partial charge in [0.25, 0.3) is 0 Å². The fraction of sp³-hybridized carbons (Fsp3) is 0.286. The van der Waals surface area contributed by atoms with Crippen LogP contribution in [0.3, 0.4) is 0 Å². The minimum absolute atomic E-state index is 0.328. The van der Waals surface area contributed by atoms with Gasteiger partial charge in [-0.1, -0.05) is 36.0 Å². The van der Waals surface area contributed by atoms with Gasteiger partial charge in [-0.05, 0) is 26.0 Å². The molecule has 0 aliphatic rings. The number of aromatic nitrogens is 2. The smallest absolute Gasteiger partial charge is 0.129 e. The zero-order chi connectivity index (χ0) is 14.7. The maximum Gasteiger partial charge on any atom is 0.129 e. The van der Waals surface area contributed by atoms with Gasteiger partial charge < -0.3 is 10.5 Å². The highest BCUT2D eigenvalue weighted by atomic mass is 35.5. The Bertz CT molecular complexity index is 639. The summed E-state index contributed by atoms with van der Waals surface area (Å²) in [5.41, 5.74) is 8.17. The van der Waals surface area contributed by atoms with Crippen molar-refractivity contribution < 1.29 is 4.74 Å². The van der Waals surface area contributed by atoms with Crippen LogP contribution < -0.4 is 10.5 Å². The maximum absolute atomic E-state index is 6.10. The van der Waals surface area contributed by atoms with E-state index in [0.717, 1.165) is 17.0 Å². The zero-order valence-corrected chi connectivity index (χ0v) is 13.0. The molecule has 106 valence electrons. The van der Waals surface area contributed by atoms with Gasteiger partial charge in [0.1, 0.15) is 17.3 Å². The van der Waals surface area contributed by atoms with E-state index < -0.39 is 0 Å². The molecule has 2 aromatic rings. The van der Waals surface area contributed by atoms with E-state index >= 15 is 0 Å². The van der Waals surface area contributed by atoms with E-state index in [4.69, 9.17) is 34.3 Å². The first-order valence-electron chi connectivity index (χ1n) is 6.22. The monoisotopic (exact) mass is 309 g/mol. The van der Waals surface area contributed by atoms with E-state index in [2.05, 4.69) is 5.10 Å². The van der Waals surface area contributed by atoms with Gasteiger partial charge in [-0.2, -0.15) is 5.10 Å². The highest BCUT2D eigenvalue weighted by Gasteiger charge is 2.09. The van der Waals surface area contributed by atoms with Crippen LogP contribution in [0.1, 0.15) is 17.0 Å². The highest BCUT2D eigenvalue weighted by Crippen LogP contribution is 2.20. The van der Waals surface area contributed by atoms with Gasteiger partial charge in [0.15, 0.2) is 0 Å². The topological polar surface area (TPSA) is 53.1 Å². The summed E-state index contributed by atoms with van der Waals surface area (Å²) in [6, 6.07) is 7.46. The Morgan fingerprint density at radius 3 is 2.70 bits per heavy atom. The molecule has 1 aromatic heterocycles. The number of nitrogens with two attached hydrogens (primary N) is 1. The summed E-state index contributed by atoms with van der Waals surface area (Å²) in [6.07, 6.45) is 0. The minimum atomic E-state index is 0.328. The van der Waals surface area contributed by atoms with Crippen molar-refractivity contribution in [1.82, 2.24) is 9.78 Å². The maximum atomic E-state index is 6.10. The van der Waals surface area contributed by atoms with Crippen molar-refractivity contribution in [2.75, 3.05) is 6.61 Å². The average Bonchev–Trinajstić information content (AvgIpc) is 2.67. The molecular weight excluding hydrogens is 294 g/mol. The summed E-state index contributed by atoms with van der Waals surface area (Å²) >= 11 is 11.1. The number of nitrogens with zero attached hydrogens (tertiary/aromatic N) is 2. The van der Waals surface area contributed by atoms with E-state index in [1.54, 1.807) is 0 Å². The molecule has 0 radical (unpaired) electrons. The van der Waals surface area contributed by atoms with Gasteiger partial charge in [-0.3, -0.25) is 4.68 Å². The van der Waals surface area contributed by atoms with Gasteiger partial charge in [-0.15, -0.1) is 0 Å². The number of thiocarbonyl (C=S) groups is 1. The molecule has 1 aromatic carbocycles. The first-order chi connectivity index (χ1) is 9.50. The average molecular weight is 310 g/mol. The first-order valence-corrected chi connectivity index (χ1v) is 7.00. The second-order valence-corrected chi connectivity index (χ2v) is 5.23. The van der Waals surface area contributed by atoms with Crippen LogP contribution in [0.5, 0.6) is 5.75 Å². The molecule has 0 unspecified atom stereocenters. The van der Waals surface area contributed by atoms with Crippen LogP contribution in [0.15, 0.2) is 24.3 Å². The molecule has 0 atom stereocenters. The second-order valence-electron chi connectivity index (χ2n) is 4.42. The number of hydrogen-bond donors (Lipinski definition) is 1. The van der Waals surface area contributed by atoms with E-state index in [1.165, 1.54) is 0 Å². The molecule has 0 spiro atoms. The third kappa shape index (κ3) is 3.11. The summed E-state index contributed by atoms with van der Waals surface area (Å²) in [5.74, 6) is 0.688. The lowest BCUT2D eigenvalue weighted by Crippen LogP contribution is -2.15. The largest absolute Gasteiger partial charge is 0.491 e. The fourth-order valence-electron chi connectivity index (χ4n) is 1.93. The molecule has 0 saturated heterocycles. The quantitative estimate of drug-likeness (QED) is 0.863. The van der Waals surface area contributed by atoms with Crippen molar-refractivity contribution in [3.63, 3.8) is 0 Å². The molecule has 0 saturated carbocycles. The molecule has 2 N–H and O–H groups in total. The molecule has 0 bridgehead atoms. The van der Waals surface area contributed by atoms with Crippen molar-refractivity contribution in [3.8, 4) is 5.75 Å². The first kappa shape index (κ1) is 14.8. The van der Waals surface area contributed by atoms with Gasteiger partial charge in [0.05, 0.1) is 28.5 Å². The summed E-state index contributed by atoms with van der Waals surface area (Å²) in [7, 11) is 0. The van der Waals surface area contributed by atoms with E-state index in [9.17, 15) is 0 Å². The van der Waals surface area contributed by atoms with E-state index in [1.807, 2.05) is 42.8 Å². The van der Waals surface area contributed by atoms with Gasteiger partial charge in [-0.25, -0.2) is 0 Å². The molecule has 2 rings (SSSR count). The number of halogens is 1. The number of ether oxygens (including phenoxy) is 1. The van der Waals surface area contributed by atoms with Crippen LogP contribution >= 0.6 is 23.8 Å². The van der Waals surface area contributed by atoms with Gasteiger partial charge in [0.2, 0.25) is 0 Å². The molecule has 20 heavy (non-hydrogen) atoms. The lowest BCUT2D eigenvalue weighted by molar-refractivity contribution is 0.289. The molecule has 0 aliphatic carbocycles. The number of para-hydroxylation sites is 1. The van der Waals surface area contributed by atoms with E-state index in [-0.39, 0.29) is 0 Å². The Balaban J connectivity index is 2.03. The predicted molar refractivity (Wildman–Crippen MR) is 84.5 cm³/mol. The SMILES string of the molecule is Cc1nn(CCOc2ccccc2C(N)=S)c(C)c1Cl. The van der Waals surface area contributed by atoms with Crippen LogP contribution in [0.2, 0.25) is 5.02 Å². The third-order valence-electron chi connectivity index (χ3n) is 3.01. The Morgan fingerprint density at radius 2 is 2.10 bits per heavy atom. The van der Waals surface area contributed by atoms with Gasteiger partial charge in [0, 0.05) is 0 Å². The molecule has 1 heterocycles. The van der Waals surface area contributed by atoms with Crippen LogP contribution in [0.25, 0.3) is 0 Å². The second kappa shape index (κ2) is 6.24. The van der Waals surface area contributed by atoms with Crippen LogP contribution in [0, 0.1) is 13.8 Å².